The summed E-state index contributed by atoms with van der Waals surface area (Å²) in [5, 5.41) is 9.25. The normalized spacial score (nSPS) is 13.3. The molecule has 0 aliphatic carbocycles. The number of benzene rings is 3. The molecule has 3 aromatic carbocycles. The van der Waals surface area contributed by atoms with Crippen molar-refractivity contribution in [1.29, 1.82) is 0 Å². The molecule has 1 unspecified atom stereocenters. The SMILES string of the molecule is CS(=O)(=O)C(Cc1ccc(Cc2ccccc2)cc1)(c1cccc(CC(=O)O)c1)c1ccc[nH]1. The first-order chi connectivity index (χ1) is 16.3. The van der Waals surface area contributed by atoms with Gasteiger partial charge in [0.15, 0.2) is 9.84 Å². The van der Waals surface area contributed by atoms with Crippen LogP contribution in [0.4, 0.5) is 0 Å². The molecular formula is C28H27NO4S. The second-order valence-electron chi connectivity index (χ2n) is 8.61. The maximum Gasteiger partial charge on any atom is 0.307 e. The highest BCUT2D eigenvalue weighted by Gasteiger charge is 2.45. The van der Waals surface area contributed by atoms with Crippen molar-refractivity contribution in [1.82, 2.24) is 4.98 Å². The number of carboxylic acids is 1. The van der Waals surface area contributed by atoms with Crippen molar-refractivity contribution < 1.29 is 18.3 Å². The Labute approximate surface area is 200 Å². The van der Waals surface area contributed by atoms with Crippen LogP contribution in [-0.4, -0.2) is 30.7 Å². The lowest BCUT2D eigenvalue weighted by atomic mass is 9.86. The van der Waals surface area contributed by atoms with Gasteiger partial charge in [0.1, 0.15) is 4.75 Å². The lowest BCUT2D eigenvalue weighted by Gasteiger charge is -2.32. The maximum atomic E-state index is 13.5. The Morgan fingerprint density at radius 3 is 2.09 bits per heavy atom. The molecule has 0 fully saturated rings. The fourth-order valence-electron chi connectivity index (χ4n) is 4.48. The molecule has 4 aromatic rings. The number of H-pyrrole nitrogens is 1. The third-order valence-corrected chi connectivity index (χ3v) is 8.01. The minimum atomic E-state index is -3.68. The van der Waals surface area contributed by atoms with Crippen molar-refractivity contribution in [2.75, 3.05) is 6.26 Å². The monoisotopic (exact) mass is 473 g/mol. The van der Waals surface area contributed by atoms with E-state index >= 15 is 0 Å². The first-order valence-corrected chi connectivity index (χ1v) is 12.9. The predicted molar refractivity (Wildman–Crippen MR) is 134 cm³/mol. The van der Waals surface area contributed by atoms with Crippen molar-refractivity contribution in [2.24, 2.45) is 0 Å². The predicted octanol–water partition coefficient (Wildman–Crippen LogP) is 4.76. The molecular weight excluding hydrogens is 446 g/mol. The van der Waals surface area contributed by atoms with Crippen molar-refractivity contribution in [3.8, 4) is 0 Å². The van der Waals surface area contributed by atoms with Gasteiger partial charge in [-0.15, -0.1) is 0 Å². The molecule has 5 nitrogen and oxygen atoms in total. The van der Waals surface area contributed by atoms with Crippen LogP contribution in [0.25, 0.3) is 0 Å². The van der Waals surface area contributed by atoms with Crippen LogP contribution in [0.3, 0.4) is 0 Å². The van der Waals surface area contributed by atoms with Gasteiger partial charge < -0.3 is 10.1 Å². The largest absolute Gasteiger partial charge is 0.481 e. The number of aromatic nitrogens is 1. The molecule has 6 heteroatoms. The van der Waals surface area contributed by atoms with Gasteiger partial charge in [0.2, 0.25) is 0 Å². The fraction of sp³-hybridized carbons (Fsp3) is 0.179. The van der Waals surface area contributed by atoms with Crippen molar-refractivity contribution >= 4 is 15.8 Å². The third kappa shape index (κ3) is 4.97. The van der Waals surface area contributed by atoms with Crippen LogP contribution in [0.15, 0.2) is 97.2 Å². The summed E-state index contributed by atoms with van der Waals surface area (Å²) < 4.78 is 25.5. The van der Waals surface area contributed by atoms with Gasteiger partial charge in [-0.1, -0.05) is 78.9 Å². The van der Waals surface area contributed by atoms with E-state index in [1.54, 1.807) is 42.6 Å². The average molecular weight is 474 g/mol. The molecule has 2 N–H and O–H groups in total. The van der Waals surface area contributed by atoms with E-state index in [1.165, 1.54) is 11.8 Å². The van der Waals surface area contributed by atoms with E-state index in [9.17, 15) is 18.3 Å². The van der Waals surface area contributed by atoms with Gasteiger partial charge in [-0.05, 0) is 46.4 Å². The fourth-order valence-corrected chi connectivity index (χ4v) is 5.99. The zero-order valence-electron chi connectivity index (χ0n) is 18.9. The Balaban J connectivity index is 1.76. The first kappa shape index (κ1) is 23.5. The van der Waals surface area contributed by atoms with E-state index in [1.807, 2.05) is 42.5 Å². The van der Waals surface area contributed by atoms with Gasteiger partial charge in [0.05, 0.1) is 6.42 Å². The van der Waals surface area contributed by atoms with E-state index < -0.39 is 20.6 Å². The molecule has 34 heavy (non-hydrogen) atoms. The molecule has 174 valence electrons. The lowest BCUT2D eigenvalue weighted by Crippen LogP contribution is -2.39. The zero-order valence-corrected chi connectivity index (χ0v) is 19.8. The van der Waals surface area contributed by atoms with E-state index in [0.717, 1.165) is 17.5 Å². The third-order valence-electron chi connectivity index (χ3n) is 6.14. The molecule has 1 atom stereocenters. The Hall–Kier alpha value is -3.64. The topological polar surface area (TPSA) is 87.2 Å². The summed E-state index contributed by atoms with van der Waals surface area (Å²) >= 11 is 0. The molecule has 0 radical (unpaired) electrons. The number of hydrogen-bond acceptors (Lipinski definition) is 3. The number of hydrogen-bond donors (Lipinski definition) is 2. The van der Waals surface area contributed by atoms with Crippen LogP contribution in [0.5, 0.6) is 0 Å². The number of aliphatic carboxylic acids is 1. The highest BCUT2D eigenvalue weighted by molar-refractivity contribution is 7.91. The summed E-state index contributed by atoms with van der Waals surface area (Å²) in [5.41, 5.74) is 4.88. The zero-order chi connectivity index (χ0) is 24.2. The Morgan fingerprint density at radius 1 is 0.824 bits per heavy atom. The summed E-state index contributed by atoms with van der Waals surface area (Å²) in [7, 11) is -3.68. The summed E-state index contributed by atoms with van der Waals surface area (Å²) in [6, 6.07) is 28.6. The molecule has 0 aliphatic rings. The van der Waals surface area contributed by atoms with Gasteiger partial charge in [0, 0.05) is 24.6 Å². The molecule has 0 saturated heterocycles. The molecule has 0 saturated carbocycles. The van der Waals surface area contributed by atoms with Crippen LogP contribution in [0, 0.1) is 0 Å². The van der Waals surface area contributed by atoms with Gasteiger partial charge in [-0.3, -0.25) is 4.79 Å². The molecule has 1 heterocycles. The van der Waals surface area contributed by atoms with E-state index in [4.69, 9.17) is 0 Å². The van der Waals surface area contributed by atoms with Crippen LogP contribution in [0.1, 0.15) is 33.5 Å². The summed E-state index contributed by atoms with van der Waals surface area (Å²) in [6.45, 7) is 0. The van der Waals surface area contributed by atoms with Crippen LogP contribution < -0.4 is 0 Å². The van der Waals surface area contributed by atoms with Crippen LogP contribution in [-0.2, 0) is 38.6 Å². The van der Waals surface area contributed by atoms with Crippen molar-refractivity contribution in [2.45, 2.75) is 24.0 Å². The number of rotatable bonds is 9. The summed E-state index contributed by atoms with van der Waals surface area (Å²) in [6.07, 6.45) is 3.79. The van der Waals surface area contributed by atoms with Crippen LogP contribution >= 0.6 is 0 Å². The number of carbonyl (C=O) groups is 1. The van der Waals surface area contributed by atoms with Crippen LogP contribution in [0.2, 0.25) is 0 Å². The smallest absolute Gasteiger partial charge is 0.307 e. The molecule has 4 rings (SSSR count). The van der Waals surface area contributed by atoms with Gasteiger partial charge in [-0.2, -0.15) is 0 Å². The summed E-state index contributed by atoms with van der Waals surface area (Å²) in [5.74, 6) is -0.962. The second-order valence-corrected chi connectivity index (χ2v) is 10.9. The molecule has 0 aliphatic heterocycles. The van der Waals surface area contributed by atoms with Gasteiger partial charge in [-0.25, -0.2) is 8.42 Å². The highest BCUT2D eigenvalue weighted by Crippen LogP contribution is 2.40. The van der Waals surface area contributed by atoms with Gasteiger partial charge >= 0.3 is 5.97 Å². The average Bonchev–Trinajstić information content (AvgIpc) is 3.33. The minimum Gasteiger partial charge on any atom is -0.481 e. The number of carboxylic acid groups (broad SMARTS) is 1. The molecule has 0 bridgehead atoms. The van der Waals surface area contributed by atoms with E-state index in [-0.39, 0.29) is 12.8 Å². The molecule has 0 amide bonds. The Kier molecular flexibility index (Phi) is 6.70. The quantitative estimate of drug-likeness (QED) is 0.367. The standard InChI is InChI=1S/C28H27NO4S/c1-34(32,33)28(26-11-6-16-29-26,25-10-5-9-24(18-25)19-27(30)31)20-23-14-12-22(13-15-23)17-21-7-3-2-4-8-21/h2-16,18,29H,17,19-20H2,1H3,(H,30,31). The van der Waals surface area contributed by atoms with E-state index in [0.29, 0.717) is 16.8 Å². The van der Waals surface area contributed by atoms with Gasteiger partial charge in [0.25, 0.3) is 0 Å². The highest BCUT2D eigenvalue weighted by atomic mass is 32.2. The molecule has 1 aromatic heterocycles. The van der Waals surface area contributed by atoms with Crippen molar-refractivity contribution in [3.05, 3.63) is 131 Å². The second kappa shape index (κ2) is 9.69. The van der Waals surface area contributed by atoms with E-state index in [2.05, 4.69) is 17.1 Å². The first-order valence-electron chi connectivity index (χ1n) is 11.0. The minimum absolute atomic E-state index is 0.174. The summed E-state index contributed by atoms with van der Waals surface area (Å²) in [4.78, 5) is 14.4. The maximum absolute atomic E-state index is 13.5. The lowest BCUT2D eigenvalue weighted by molar-refractivity contribution is -0.136. The number of nitrogens with one attached hydrogen (secondary N) is 1. The molecule has 0 spiro atoms. The Morgan fingerprint density at radius 2 is 1.47 bits per heavy atom. The number of sulfone groups is 1. The number of aromatic amines is 1. The Bertz CT molecular complexity index is 1360. The van der Waals surface area contributed by atoms with Crippen molar-refractivity contribution in [3.63, 3.8) is 0 Å².